The fourth-order valence-corrected chi connectivity index (χ4v) is 3.40. The fourth-order valence-electron chi connectivity index (χ4n) is 3.40. The summed E-state index contributed by atoms with van der Waals surface area (Å²) in [5.74, 6) is 0.458. The van der Waals surface area contributed by atoms with Crippen molar-refractivity contribution in [1.29, 1.82) is 0 Å². The van der Waals surface area contributed by atoms with Gasteiger partial charge in [0.1, 0.15) is 11.4 Å². The van der Waals surface area contributed by atoms with Gasteiger partial charge in [-0.3, -0.25) is 4.98 Å². The first kappa shape index (κ1) is 22.5. The zero-order chi connectivity index (χ0) is 22.9. The maximum Gasteiger partial charge on any atom is 0.513 e. The lowest BCUT2D eigenvalue weighted by atomic mass is 9.94. The Bertz CT molecular complexity index is 1140. The molecule has 2 aromatic heterocycles. The van der Waals surface area contributed by atoms with Crippen molar-refractivity contribution in [2.24, 2.45) is 0 Å². The number of nitrogens with zero attached hydrogens (tertiary/aromatic N) is 2. The lowest BCUT2D eigenvalue weighted by Gasteiger charge is -2.20. The average molecular weight is 432 g/mol. The summed E-state index contributed by atoms with van der Waals surface area (Å²) in [7, 11) is 1.24. The van der Waals surface area contributed by atoms with Crippen LogP contribution < -0.4 is 4.74 Å². The maximum atomic E-state index is 12.9. The molecule has 0 aliphatic heterocycles. The standard InChI is InChI=1S/C23H23F3N2O3/c1-12(2)20-17(21(31-22(29)30-5)13(3)14(4)27-20)11-15-6-8-18-16(10-15)7-9-19(28-18)23(24,25)26/h6-10,12H,11H2,1-5H3. The van der Waals surface area contributed by atoms with E-state index in [1.807, 2.05) is 27.7 Å². The number of benzene rings is 1. The largest absolute Gasteiger partial charge is 0.513 e. The van der Waals surface area contributed by atoms with Gasteiger partial charge in [0.25, 0.3) is 0 Å². The molecule has 0 spiro atoms. The molecule has 3 rings (SSSR count). The molecule has 0 radical (unpaired) electrons. The zero-order valence-electron chi connectivity index (χ0n) is 17.9. The maximum absolute atomic E-state index is 12.9. The van der Waals surface area contributed by atoms with Gasteiger partial charge in [-0.25, -0.2) is 9.78 Å². The van der Waals surface area contributed by atoms with Gasteiger partial charge in [0.15, 0.2) is 0 Å². The molecule has 0 saturated carbocycles. The summed E-state index contributed by atoms with van der Waals surface area (Å²) in [4.78, 5) is 20.3. The van der Waals surface area contributed by atoms with Gasteiger partial charge < -0.3 is 9.47 Å². The smallest absolute Gasteiger partial charge is 0.437 e. The zero-order valence-corrected chi connectivity index (χ0v) is 17.9. The number of carbonyl (C=O) groups is 1. The number of ether oxygens (including phenoxy) is 2. The van der Waals surface area contributed by atoms with Crippen molar-refractivity contribution >= 4 is 17.1 Å². The van der Waals surface area contributed by atoms with Gasteiger partial charge in [0.05, 0.1) is 18.3 Å². The second kappa shape index (κ2) is 8.53. The van der Waals surface area contributed by atoms with E-state index in [0.717, 1.165) is 34.1 Å². The fraction of sp³-hybridized carbons (Fsp3) is 0.348. The molecule has 0 fully saturated rings. The Kier molecular flexibility index (Phi) is 6.20. The van der Waals surface area contributed by atoms with Crippen molar-refractivity contribution in [2.75, 3.05) is 7.11 Å². The number of fused-ring (bicyclic) bond motifs is 1. The van der Waals surface area contributed by atoms with Crippen LogP contribution in [-0.4, -0.2) is 23.2 Å². The molecule has 0 atom stereocenters. The Morgan fingerprint density at radius 3 is 2.42 bits per heavy atom. The molecule has 0 unspecified atom stereocenters. The minimum atomic E-state index is -4.50. The molecule has 8 heteroatoms. The van der Waals surface area contributed by atoms with E-state index in [4.69, 9.17) is 9.72 Å². The van der Waals surface area contributed by atoms with E-state index in [2.05, 4.69) is 9.72 Å². The first-order valence-electron chi connectivity index (χ1n) is 9.74. The molecule has 31 heavy (non-hydrogen) atoms. The van der Waals surface area contributed by atoms with Crippen molar-refractivity contribution in [3.63, 3.8) is 0 Å². The summed E-state index contributed by atoms with van der Waals surface area (Å²) in [5.41, 5.74) is 3.15. The van der Waals surface area contributed by atoms with Gasteiger partial charge in [-0.2, -0.15) is 13.2 Å². The first-order chi connectivity index (χ1) is 14.5. The van der Waals surface area contributed by atoms with Crippen LogP contribution >= 0.6 is 0 Å². The molecular formula is C23H23F3N2O3. The van der Waals surface area contributed by atoms with Crippen LogP contribution in [0, 0.1) is 13.8 Å². The van der Waals surface area contributed by atoms with Gasteiger partial charge in [0.2, 0.25) is 0 Å². The number of pyridine rings is 2. The molecule has 0 amide bonds. The van der Waals surface area contributed by atoms with Crippen LogP contribution in [0.3, 0.4) is 0 Å². The Morgan fingerprint density at radius 1 is 1.10 bits per heavy atom. The monoisotopic (exact) mass is 432 g/mol. The molecule has 0 bridgehead atoms. The predicted molar refractivity (Wildman–Crippen MR) is 110 cm³/mol. The van der Waals surface area contributed by atoms with Crippen molar-refractivity contribution in [3.05, 3.63) is 64.1 Å². The van der Waals surface area contributed by atoms with E-state index in [9.17, 15) is 18.0 Å². The molecule has 0 saturated heterocycles. The highest BCUT2D eigenvalue weighted by molar-refractivity contribution is 5.79. The molecule has 164 valence electrons. The minimum Gasteiger partial charge on any atom is -0.437 e. The number of alkyl halides is 3. The number of halogens is 3. The van der Waals surface area contributed by atoms with Gasteiger partial charge in [-0.05, 0) is 43.5 Å². The van der Waals surface area contributed by atoms with E-state index in [-0.39, 0.29) is 11.4 Å². The Hall–Kier alpha value is -3.16. The Labute approximate surface area is 178 Å². The molecule has 5 nitrogen and oxygen atoms in total. The van der Waals surface area contributed by atoms with Crippen LogP contribution in [0.25, 0.3) is 10.9 Å². The number of hydrogen-bond acceptors (Lipinski definition) is 5. The number of rotatable bonds is 4. The van der Waals surface area contributed by atoms with Gasteiger partial charge in [0, 0.05) is 28.6 Å². The number of aryl methyl sites for hydroxylation is 1. The van der Waals surface area contributed by atoms with Crippen LogP contribution in [0.4, 0.5) is 18.0 Å². The molecular weight excluding hydrogens is 409 g/mol. The lowest BCUT2D eigenvalue weighted by molar-refractivity contribution is -0.140. The van der Waals surface area contributed by atoms with Gasteiger partial charge >= 0.3 is 12.3 Å². The van der Waals surface area contributed by atoms with E-state index in [1.54, 1.807) is 18.2 Å². The molecule has 2 heterocycles. The third kappa shape index (κ3) is 4.78. The van der Waals surface area contributed by atoms with Crippen LogP contribution in [0.2, 0.25) is 0 Å². The second-order valence-electron chi connectivity index (χ2n) is 7.62. The van der Waals surface area contributed by atoms with Crippen LogP contribution in [-0.2, 0) is 17.3 Å². The average Bonchev–Trinajstić information content (AvgIpc) is 2.71. The number of carbonyl (C=O) groups excluding carboxylic acids is 1. The van der Waals surface area contributed by atoms with E-state index in [0.29, 0.717) is 17.6 Å². The lowest BCUT2D eigenvalue weighted by Crippen LogP contribution is -2.14. The van der Waals surface area contributed by atoms with E-state index >= 15 is 0 Å². The normalized spacial score (nSPS) is 11.8. The van der Waals surface area contributed by atoms with Crippen molar-refractivity contribution < 1.29 is 27.4 Å². The van der Waals surface area contributed by atoms with Gasteiger partial charge in [-0.1, -0.05) is 26.0 Å². The number of hydrogen-bond donors (Lipinski definition) is 0. The summed E-state index contributed by atoms with van der Waals surface area (Å²) < 4.78 is 48.9. The Morgan fingerprint density at radius 2 is 1.81 bits per heavy atom. The van der Waals surface area contributed by atoms with Crippen molar-refractivity contribution in [2.45, 2.75) is 46.2 Å². The second-order valence-corrected chi connectivity index (χ2v) is 7.62. The summed E-state index contributed by atoms with van der Waals surface area (Å²) in [6.45, 7) is 7.64. The Balaban J connectivity index is 2.09. The van der Waals surface area contributed by atoms with Crippen molar-refractivity contribution in [3.8, 4) is 5.75 Å². The summed E-state index contributed by atoms with van der Waals surface area (Å²) in [5, 5.41) is 0.587. The van der Waals surface area contributed by atoms with E-state index < -0.39 is 18.0 Å². The first-order valence-corrected chi connectivity index (χ1v) is 9.74. The SMILES string of the molecule is COC(=O)Oc1c(C)c(C)nc(C(C)C)c1Cc1ccc2nc(C(F)(F)F)ccc2c1. The molecule has 1 aromatic carbocycles. The molecule has 0 aliphatic carbocycles. The number of aromatic nitrogens is 2. The van der Waals surface area contributed by atoms with E-state index in [1.165, 1.54) is 13.2 Å². The highest BCUT2D eigenvalue weighted by atomic mass is 19.4. The molecule has 0 N–H and O–H groups in total. The summed E-state index contributed by atoms with van der Waals surface area (Å²) in [6, 6.07) is 7.43. The topological polar surface area (TPSA) is 61.3 Å². The predicted octanol–water partition coefficient (Wildman–Crippen LogP) is 6.12. The van der Waals surface area contributed by atoms with Crippen LogP contribution in [0.1, 0.15) is 53.5 Å². The molecule has 3 aromatic rings. The van der Waals surface area contributed by atoms with Crippen molar-refractivity contribution in [1.82, 2.24) is 9.97 Å². The van der Waals surface area contributed by atoms with Crippen LogP contribution in [0.5, 0.6) is 5.75 Å². The number of methoxy groups -OCH3 is 1. The third-order valence-corrected chi connectivity index (χ3v) is 5.08. The highest BCUT2D eigenvalue weighted by Crippen LogP contribution is 2.35. The quantitative estimate of drug-likeness (QED) is 0.465. The summed E-state index contributed by atoms with van der Waals surface area (Å²) >= 11 is 0. The molecule has 0 aliphatic rings. The van der Waals surface area contributed by atoms with Gasteiger partial charge in [-0.15, -0.1) is 0 Å². The van der Waals surface area contributed by atoms with Crippen LogP contribution in [0.15, 0.2) is 30.3 Å². The summed E-state index contributed by atoms with van der Waals surface area (Å²) in [6.07, 6.45) is -4.94. The highest BCUT2D eigenvalue weighted by Gasteiger charge is 2.32. The minimum absolute atomic E-state index is 0.0609. The third-order valence-electron chi connectivity index (χ3n) is 5.08.